The van der Waals surface area contributed by atoms with Crippen LogP contribution in [-0.2, 0) is 0 Å². The van der Waals surface area contributed by atoms with Crippen LogP contribution < -0.4 is 0 Å². The predicted octanol–water partition coefficient (Wildman–Crippen LogP) is 4.22. The quantitative estimate of drug-likeness (QED) is 0.776. The van der Waals surface area contributed by atoms with Gasteiger partial charge in [-0.1, -0.05) is 27.7 Å². The monoisotopic (exact) mass is 271 g/mol. The normalized spacial score (nSPS) is 11.3. The summed E-state index contributed by atoms with van der Waals surface area (Å²) in [6.45, 7) is 9.17. The molecule has 1 rings (SSSR count). The standard InChI is InChI=1S/C14H22ClNO2/c1-5-11(6-2)16(9-10(3)4)14(17)12-7-8-18-13(12)15/h7-8,10-11H,5-6,9H2,1-4H3. The highest BCUT2D eigenvalue weighted by Crippen LogP contribution is 2.22. The summed E-state index contributed by atoms with van der Waals surface area (Å²) in [4.78, 5) is 14.4. The van der Waals surface area contributed by atoms with Gasteiger partial charge in [0, 0.05) is 12.6 Å². The van der Waals surface area contributed by atoms with Gasteiger partial charge in [0.15, 0.2) is 0 Å². The number of carbonyl (C=O) groups is 1. The van der Waals surface area contributed by atoms with Crippen LogP contribution in [0.1, 0.15) is 50.9 Å². The van der Waals surface area contributed by atoms with E-state index in [2.05, 4.69) is 27.7 Å². The lowest BCUT2D eigenvalue weighted by Gasteiger charge is -2.31. The summed E-state index contributed by atoms with van der Waals surface area (Å²) >= 11 is 5.89. The number of carbonyl (C=O) groups excluding carboxylic acids is 1. The first-order chi connectivity index (χ1) is 8.51. The van der Waals surface area contributed by atoms with E-state index in [4.69, 9.17) is 16.0 Å². The fraction of sp³-hybridized carbons (Fsp3) is 0.643. The number of amides is 1. The van der Waals surface area contributed by atoms with Crippen molar-refractivity contribution in [1.82, 2.24) is 4.90 Å². The lowest BCUT2D eigenvalue weighted by molar-refractivity contribution is 0.0640. The van der Waals surface area contributed by atoms with Crippen molar-refractivity contribution in [3.05, 3.63) is 23.1 Å². The molecule has 3 nitrogen and oxygen atoms in total. The minimum atomic E-state index is -0.0313. The summed E-state index contributed by atoms with van der Waals surface area (Å²) in [5.41, 5.74) is 0.462. The molecular weight excluding hydrogens is 250 g/mol. The van der Waals surface area contributed by atoms with Crippen molar-refractivity contribution >= 4 is 17.5 Å². The highest BCUT2D eigenvalue weighted by atomic mass is 35.5. The minimum absolute atomic E-state index is 0.0313. The Kier molecular flexibility index (Phi) is 5.73. The van der Waals surface area contributed by atoms with E-state index in [9.17, 15) is 4.79 Å². The number of hydrogen-bond donors (Lipinski definition) is 0. The molecule has 0 aliphatic carbocycles. The Balaban J connectivity index is 2.95. The second kappa shape index (κ2) is 6.83. The van der Waals surface area contributed by atoms with Crippen LogP contribution in [0.15, 0.2) is 16.7 Å². The van der Waals surface area contributed by atoms with Crippen LogP contribution in [0, 0.1) is 5.92 Å². The third kappa shape index (κ3) is 3.52. The summed E-state index contributed by atoms with van der Waals surface area (Å²) in [5, 5.41) is 0.180. The van der Waals surface area contributed by atoms with E-state index in [1.807, 2.05) is 4.90 Å². The van der Waals surface area contributed by atoms with Gasteiger partial charge in [-0.05, 0) is 36.4 Å². The molecule has 0 radical (unpaired) electrons. The smallest absolute Gasteiger partial charge is 0.258 e. The Morgan fingerprint density at radius 1 is 1.39 bits per heavy atom. The van der Waals surface area contributed by atoms with Gasteiger partial charge in [0.25, 0.3) is 5.91 Å². The maximum absolute atomic E-state index is 12.5. The molecule has 0 bridgehead atoms. The van der Waals surface area contributed by atoms with E-state index in [-0.39, 0.29) is 17.2 Å². The highest BCUT2D eigenvalue weighted by Gasteiger charge is 2.25. The molecule has 18 heavy (non-hydrogen) atoms. The van der Waals surface area contributed by atoms with Crippen molar-refractivity contribution in [3.8, 4) is 0 Å². The Hall–Kier alpha value is -0.960. The lowest BCUT2D eigenvalue weighted by Crippen LogP contribution is -2.42. The van der Waals surface area contributed by atoms with Gasteiger partial charge in [0.05, 0.1) is 11.8 Å². The van der Waals surface area contributed by atoms with Gasteiger partial charge in [-0.25, -0.2) is 0 Å². The Labute approximate surface area is 114 Å². The maximum atomic E-state index is 12.5. The Morgan fingerprint density at radius 2 is 2.00 bits per heavy atom. The zero-order valence-corrected chi connectivity index (χ0v) is 12.3. The third-order valence-electron chi connectivity index (χ3n) is 3.05. The van der Waals surface area contributed by atoms with E-state index in [1.165, 1.54) is 6.26 Å². The molecule has 0 fully saturated rings. The predicted molar refractivity (Wildman–Crippen MR) is 74.0 cm³/mol. The van der Waals surface area contributed by atoms with Crippen LogP contribution in [0.4, 0.5) is 0 Å². The Bertz CT molecular complexity index is 383. The van der Waals surface area contributed by atoms with Gasteiger partial charge in [-0.15, -0.1) is 0 Å². The largest absolute Gasteiger partial charge is 0.452 e. The molecule has 0 unspecified atom stereocenters. The van der Waals surface area contributed by atoms with Crippen molar-refractivity contribution in [1.29, 1.82) is 0 Å². The first-order valence-electron chi connectivity index (χ1n) is 6.55. The highest BCUT2D eigenvalue weighted by molar-refractivity contribution is 6.32. The van der Waals surface area contributed by atoms with Crippen LogP contribution in [0.3, 0.4) is 0 Å². The van der Waals surface area contributed by atoms with Crippen LogP contribution in [-0.4, -0.2) is 23.4 Å². The van der Waals surface area contributed by atoms with Gasteiger partial charge in [-0.3, -0.25) is 4.79 Å². The third-order valence-corrected chi connectivity index (χ3v) is 3.35. The zero-order chi connectivity index (χ0) is 13.7. The minimum Gasteiger partial charge on any atom is -0.452 e. The molecule has 0 saturated heterocycles. The van der Waals surface area contributed by atoms with Gasteiger partial charge in [0.1, 0.15) is 0 Å². The van der Waals surface area contributed by atoms with Crippen molar-refractivity contribution < 1.29 is 9.21 Å². The summed E-state index contributed by atoms with van der Waals surface area (Å²) in [6, 6.07) is 1.89. The number of furan rings is 1. The lowest BCUT2D eigenvalue weighted by atomic mass is 10.1. The fourth-order valence-electron chi connectivity index (χ4n) is 2.12. The van der Waals surface area contributed by atoms with E-state index in [0.29, 0.717) is 11.5 Å². The molecular formula is C14H22ClNO2. The SMILES string of the molecule is CCC(CC)N(CC(C)C)C(=O)c1ccoc1Cl. The van der Waals surface area contributed by atoms with Crippen molar-refractivity contribution in [2.45, 2.75) is 46.6 Å². The van der Waals surface area contributed by atoms with E-state index >= 15 is 0 Å². The van der Waals surface area contributed by atoms with Crippen molar-refractivity contribution in [2.24, 2.45) is 5.92 Å². The van der Waals surface area contributed by atoms with Crippen molar-refractivity contribution in [3.63, 3.8) is 0 Å². The molecule has 0 spiro atoms. The van der Waals surface area contributed by atoms with Gasteiger partial charge < -0.3 is 9.32 Å². The maximum Gasteiger partial charge on any atom is 0.258 e. The van der Waals surface area contributed by atoms with Crippen LogP contribution in [0.5, 0.6) is 0 Å². The molecule has 0 aromatic carbocycles. The van der Waals surface area contributed by atoms with E-state index < -0.39 is 0 Å². The molecule has 0 saturated carbocycles. The second-order valence-electron chi connectivity index (χ2n) is 4.93. The van der Waals surface area contributed by atoms with Crippen LogP contribution in [0.25, 0.3) is 0 Å². The topological polar surface area (TPSA) is 33.5 Å². The fourth-order valence-corrected chi connectivity index (χ4v) is 2.32. The van der Waals surface area contributed by atoms with Crippen LogP contribution in [0.2, 0.25) is 5.22 Å². The first kappa shape index (κ1) is 15.1. The van der Waals surface area contributed by atoms with E-state index in [0.717, 1.165) is 19.4 Å². The van der Waals surface area contributed by atoms with Gasteiger partial charge in [-0.2, -0.15) is 0 Å². The summed E-state index contributed by atoms with van der Waals surface area (Å²) < 4.78 is 5.01. The molecule has 1 amide bonds. The number of halogens is 1. The first-order valence-corrected chi connectivity index (χ1v) is 6.92. The molecule has 1 heterocycles. The molecule has 1 aromatic rings. The summed E-state index contributed by atoms with van der Waals surface area (Å²) in [6.07, 6.45) is 3.35. The number of rotatable bonds is 6. The van der Waals surface area contributed by atoms with Gasteiger partial charge in [0.2, 0.25) is 5.22 Å². The average molecular weight is 272 g/mol. The zero-order valence-electron chi connectivity index (χ0n) is 11.6. The average Bonchev–Trinajstić information content (AvgIpc) is 2.74. The van der Waals surface area contributed by atoms with Gasteiger partial charge >= 0.3 is 0 Å². The van der Waals surface area contributed by atoms with Crippen LogP contribution >= 0.6 is 11.6 Å². The molecule has 0 atom stereocenters. The summed E-state index contributed by atoms with van der Waals surface area (Å²) in [7, 11) is 0. The summed E-state index contributed by atoms with van der Waals surface area (Å²) in [5.74, 6) is 0.399. The molecule has 1 aromatic heterocycles. The molecule has 0 aliphatic rings. The second-order valence-corrected chi connectivity index (χ2v) is 5.27. The number of hydrogen-bond acceptors (Lipinski definition) is 2. The molecule has 102 valence electrons. The van der Waals surface area contributed by atoms with Crippen molar-refractivity contribution in [2.75, 3.05) is 6.54 Å². The molecule has 0 aliphatic heterocycles. The molecule has 4 heteroatoms. The molecule has 0 N–H and O–H groups in total. The number of nitrogens with zero attached hydrogens (tertiary/aromatic N) is 1. The Morgan fingerprint density at radius 3 is 2.39 bits per heavy atom. The van der Waals surface area contributed by atoms with E-state index in [1.54, 1.807) is 6.07 Å².